The van der Waals surface area contributed by atoms with Gasteiger partial charge in [-0.2, -0.15) is 0 Å². The molecule has 0 aliphatic rings. The van der Waals surface area contributed by atoms with Crippen LogP contribution in [0.2, 0.25) is 5.15 Å². The van der Waals surface area contributed by atoms with Crippen molar-refractivity contribution >= 4 is 17.4 Å². The molecule has 0 amide bonds. The van der Waals surface area contributed by atoms with E-state index in [2.05, 4.69) is 25.5 Å². The van der Waals surface area contributed by atoms with Gasteiger partial charge in [0.1, 0.15) is 23.6 Å². The quantitative estimate of drug-likeness (QED) is 0.784. The molecule has 0 radical (unpaired) electrons. The first-order chi connectivity index (χ1) is 7.25. The number of nitrogens with one attached hydrogen (secondary N) is 1. The van der Waals surface area contributed by atoms with E-state index < -0.39 is 0 Å². The third-order valence-corrected chi connectivity index (χ3v) is 2.07. The van der Waals surface area contributed by atoms with Crippen LogP contribution in [0.15, 0.2) is 18.7 Å². The van der Waals surface area contributed by atoms with Crippen LogP contribution in [0, 0.1) is 0 Å². The van der Waals surface area contributed by atoms with Gasteiger partial charge < -0.3 is 9.88 Å². The molecule has 0 aliphatic carbocycles. The van der Waals surface area contributed by atoms with Gasteiger partial charge in [0.2, 0.25) is 0 Å². The van der Waals surface area contributed by atoms with Crippen molar-refractivity contribution in [2.24, 2.45) is 7.05 Å². The Hall–Kier alpha value is -1.69. The van der Waals surface area contributed by atoms with Crippen molar-refractivity contribution in [1.29, 1.82) is 0 Å². The highest BCUT2D eigenvalue weighted by atomic mass is 35.5. The van der Waals surface area contributed by atoms with Crippen LogP contribution in [0.5, 0.6) is 0 Å². The molecule has 2 rings (SSSR count). The first kappa shape index (κ1) is 9.85. The summed E-state index contributed by atoms with van der Waals surface area (Å²) < 4.78 is 1.83. The van der Waals surface area contributed by atoms with Gasteiger partial charge in [0, 0.05) is 13.1 Å². The van der Waals surface area contributed by atoms with Crippen molar-refractivity contribution in [1.82, 2.24) is 24.7 Å². The van der Waals surface area contributed by atoms with Crippen LogP contribution < -0.4 is 5.32 Å². The van der Waals surface area contributed by atoms with Crippen LogP contribution in [-0.2, 0) is 13.6 Å². The maximum Gasteiger partial charge on any atom is 0.151 e. The van der Waals surface area contributed by atoms with Crippen molar-refractivity contribution in [3.05, 3.63) is 29.7 Å². The minimum Gasteiger partial charge on any atom is -0.363 e. The summed E-state index contributed by atoms with van der Waals surface area (Å²) in [6.45, 7) is 0.545. The molecule has 6 nitrogen and oxygen atoms in total. The van der Waals surface area contributed by atoms with Crippen molar-refractivity contribution in [2.75, 3.05) is 5.32 Å². The van der Waals surface area contributed by atoms with E-state index in [0.717, 1.165) is 5.82 Å². The number of rotatable bonds is 3. The van der Waals surface area contributed by atoms with E-state index in [1.54, 1.807) is 12.4 Å². The number of hydrogen-bond acceptors (Lipinski definition) is 5. The second kappa shape index (κ2) is 4.22. The number of aryl methyl sites for hydroxylation is 1. The predicted octanol–water partition coefficient (Wildman–Crippen LogP) is 0.871. The Morgan fingerprint density at radius 1 is 1.47 bits per heavy atom. The zero-order chi connectivity index (χ0) is 10.7. The largest absolute Gasteiger partial charge is 0.363 e. The lowest BCUT2D eigenvalue weighted by atomic mass is 10.5. The Morgan fingerprint density at radius 3 is 3.00 bits per heavy atom. The minimum atomic E-state index is 0.408. The van der Waals surface area contributed by atoms with E-state index in [0.29, 0.717) is 17.5 Å². The average molecular weight is 225 g/mol. The number of nitrogens with zero attached hydrogens (tertiary/aromatic N) is 5. The van der Waals surface area contributed by atoms with Gasteiger partial charge in [-0.15, -0.1) is 10.2 Å². The first-order valence-electron chi connectivity index (χ1n) is 4.30. The second-order valence-electron chi connectivity index (χ2n) is 2.94. The maximum absolute atomic E-state index is 5.71. The third-order valence-electron chi connectivity index (χ3n) is 1.87. The normalized spacial score (nSPS) is 10.3. The SMILES string of the molecule is Cn1cnnc1CNc1cc(Cl)ncn1. The third kappa shape index (κ3) is 2.41. The zero-order valence-corrected chi connectivity index (χ0v) is 8.81. The van der Waals surface area contributed by atoms with Crippen LogP contribution in [0.25, 0.3) is 0 Å². The Bertz CT molecular complexity index is 454. The Morgan fingerprint density at radius 2 is 2.33 bits per heavy atom. The number of aromatic nitrogens is 5. The fraction of sp³-hybridized carbons (Fsp3) is 0.250. The van der Waals surface area contributed by atoms with E-state index >= 15 is 0 Å². The predicted molar refractivity (Wildman–Crippen MR) is 55.4 cm³/mol. The molecule has 1 N–H and O–H groups in total. The van der Waals surface area contributed by atoms with Crippen LogP contribution in [0.1, 0.15) is 5.82 Å². The highest BCUT2D eigenvalue weighted by molar-refractivity contribution is 6.29. The van der Waals surface area contributed by atoms with Gasteiger partial charge in [0.05, 0.1) is 6.54 Å². The molecule has 2 aromatic heterocycles. The van der Waals surface area contributed by atoms with E-state index in [1.165, 1.54) is 6.33 Å². The molecule has 2 aromatic rings. The van der Waals surface area contributed by atoms with Gasteiger partial charge in [-0.3, -0.25) is 0 Å². The van der Waals surface area contributed by atoms with Gasteiger partial charge >= 0.3 is 0 Å². The molecule has 78 valence electrons. The van der Waals surface area contributed by atoms with E-state index in [4.69, 9.17) is 11.6 Å². The summed E-state index contributed by atoms with van der Waals surface area (Å²) in [5, 5.41) is 11.2. The van der Waals surface area contributed by atoms with E-state index in [1.807, 2.05) is 11.6 Å². The Balaban J connectivity index is 2.02. The average Bonchev–Trinajstić information content (AvgIpc) is 2.61. The molecule has 0 bridgehead atoms. The molecule has 0 saturated heterocycles. The van der Waals surface area contributed by atoms with Crippen molar-refractivity contribution in [3.8, 4) is 0 Å². The smallest absolute Gasteiger partial charge is 0.151 e. The monoisotopic (exact) mass is 224 g/mol. The highest BCUT2D eigenvalue weighted by Crippen LogP contribution is 2.09. The van der Waals surface area contributed by atoms with Gasteiger partial charge in [0.15, 0.2) is 5.82 Å². The molecule has 7 heteroatoms. The number of hydrogen-bond donors (Lipinski definition) is 1. The molecule has 0 aliphatic heterocycles. The zero-order valence-electron chi connectivity index (χ0n) is 8.05. The molecule has 15 heavy (non-hydrogen) atoms. The highest BCUT2D eigenvalue weighted by Gasteiger charge is 2.01. The van der Waals surface area contributed by atoms with Gasteiger partial charge in [-0.25, -0.2) is 9.97 Å². The molecular formula is C8H9ClN6. The second-order valence-corrected chi connectivity index (χ2v) is 3.32. The molecule has 0 spiro atoms. The summed E-state index contributed by atoms with van der Waals surface area (Å²) in [7, 11) is 1.88. The lowest BCUT2D eigenvalue weighted by Gasteiger charge is -2.04. The maximum atomic E-state index is 5.71. The Kier molecular flexibility index (Phi) is 2.77. The van der Waals surface area contributed by atoms with Crippen molar-refractivity contribution in [3.63, 3.8) is 0 Å². The van der Waals surface area contributed by atoms with Crippen LogP contribution in [0.3, 0.4) is 0 Å². The standard InChI is InChI=1S/C8H9ClN6/c1-15-5-13-14-8(15)3-10-7-2-6(9)11-4-12-7/h2,4-5H,3H2,1H3,(H,10,11,12). The molecule has 0 unspecified atom stereocenters. The van der Waals surface area contributed by atoms with Gasteiger partial charge in [0.25, 0.3) is 0 Å². The number of halogens is 1. The molecule has 0 fully saturated rings. The summed E-state index contributed by atoms with van der Waals surface area (Å²) in [6.07, 6.45) is 3.05. The lowest BCUT2D eigenvalue weighted by Crippen LogP contribution is -2.06. The molecule has 0 atom stereocenters. The van der Waals surface area contributed by atoms with Crippen LogP contribution >= 0.6 is 11.6 Å². The summed E-state index contributed by atoms with van der Waals surface area (Å²) >= 11 is 5.71. The molecule has 0 aromatic carbocycles. The summed E-state index contributed by atoms with van der Waals surface area (Å²) in [5.74, 6) is 1.49. The summed E-state index contributed by atoms with van der Waals surface area (Å²) in [5.41, 5.74) is 0. The fourth-order valence-electron chi connectivity index (χ4n) is 1.07. The summed E-state index contributed by atoms with van der Waals surface area (Å²) in [4.78, 5) is 7.79. The summed E-state index contributed by atoms with van der Waals surface area (Å²) in [6, 6.07) is 1.65. The van der Waals surface area contributed by atoms with Crippen molar-refractivity contribution in [2.45, 2.75) is 6.54 Å². The lowest BCUT2D eigenvalue weighted by molar-refractivity contribution is 0.810. The van der Waals surface area contributed by atoms with Crippen LogP contribution in [-0.4, -0.2) is 24.7 Å². The van der Waals surface area contributed by atoms with Gasteiger partial charge in [-0.05, 0) is 0 Å². The van der Waals surface area contributed by atoms with Crippen LogP contribution in [0.4, 0.5) is 5.82 Å². The van der Waals surface area contributed by atoms with Crippen molar-refractivity contribution < 1.29 is 0 Å². The first-order valence-corrected chi connectivity index (χ1v) is 4.68. The molecule has 0 saturated carbocycles. The van der Waals surface area contributed by atoms with E-state index in [9.17, 15) is 0 Å². The number of anilines is 1. The minimum absolute atomic E-state index is 0.408. The fourth-order valence-corrected chi connectivity index (χ4v) is 1.21. The van der Waals surface area contributed by atoms with E-state index in [-0.39, 0.29) is 0 Å². The molecular weight excluding hydrogens is 216 g/mol. The van der Waals surface area contributed by atoms with Gasteiger partial charge in [-0.1, -0.05) is 11.6 Å². The topological polar surface area (TPSA) is 68.5 Å². The molecule has 2 heterocycles. The Labute approximate surface area is 91.3 Å².